The Balaban J connectivity index is 1.49. The van der Waals surface area contributed by atoms with Crippen LogP contribution in [0.2, 0.25) is 5.02 Å². The van der Waals surface area contributed by atoms with Crippen LogP contribution in [0.15, 0.2) is 59.1 Å². The Morgan fingerprint density at radius 1 is 1.14 bits per heavy atom. The average molecular weight is 562 g/mol. The van der Waals surface area contributed by atoms with E-state index in [1.54, 1.807) is 0 Å². The number of halogens is 2. The number of rotatable bonds is 7. The monoisotopic (exact) mass is 560 g/mol. The van der Waals surface area contributed by atoms with Gasteiger partial charge < -0.3 is 20.3 Å². The first-order valence-electron chi connectivity index (χ1n) is 10.4. The quantitative estimate of drug-likeness (QED) is 0.264. The van der Waals surface area contributed by atoms with Gasteiger partial charge in [-0.25, -0.2) is 9.59 Å². The number of amides is 1. The predicted octanol–water partition coefficient (Wildman–Crippen LogP) is 5.25. The first kappa shape index (κ1) is 24.5. The van der Waals surface area contributed by atoms with Gasteiger partial charge in [0.05, 0.1) is 4.92 Å². The summed E-state index contributed by atoms with van der Waals surface area (Å²) in [6.45, 7) is -0.0184. The van der Waals surface area contributed by atoms with Gasteiger partial charge in [-0.05, 0) is 44.3 Å². The lowest BCUT2D eigenvalue weighted by Gasteiger charge is -2.18. The first-order chi connectivity index (χ1) is 16.7. The number of nitro benzene ring substituents is 1. The summed E-state index contributed by atoms with van der Waals surface area (Å²) >= 11 is 8.93. The Bertz CT molecular complexity index is 1300. The highest BCUT2D eigenvalue weighted by Gasteiger charge is 2.31. The fraction of sp³-hybridized carbons (Fsp3) is 0.167. The Morgan fingerprint density at radius 2 is 1.71 bits per heavy atom. The number of phenolic OH excluding ortho intramolecular Hbond substituents is 1. The number of benzene rings is 3. The number of nitrogens with one attached hydrogen (secondary N) is 1. The number of nitrogens with zero attached hydrogens (tertiary/aromatic N) is 1. The van der Waals surface area contributed by atoms with Crippen molar-refractivity contribution in [2.45, 2.75) is 18.4 Å². The fourth-order valence-electron chi connectivity index (χ4n) is 4.18. The van der Waals surface area contributed by atoms with E-state index >= 15 is 0 Å². The molecule has 4 rings (SSSR count). The van der Waals surface area contributed by atoms with Crippen molar-refractivity contribution >= 4 is 45.3 Å². The number of aliphatic carboxylic acids is 1. The van der Waals surface area contributed by atoms with Gasteiger partial charge >= 0.3 is 17.7 Å². The van der Waals surface area contributed by atoms with Crippen molar-refractivity contribution < 1.29 is 29.5 Å². The molecule has 1 atom stereocenters. The standard InChI is InChI=1S/C24H18BrClN2O7/c25-18-9-12(22(29)21(20(18)26)28(33)34)10-19(23(30)31)27-24(32)35-11-17-15-7-3-1-5-13(15)14-6-2-4-8-16(14)17/h1-9,17,19,29H,10-11H2,(H,27,32)(H,30,31). The smallest absolute Gasteiger partial charge is 0.407 e. The number of phenols is 1. The van der Waals surface area contributed by atoms with Crippen molar-refractivity contribution in [2.75, 3.05) is 6.61 Å². The zero-order chi connectivity index (χ0) is 25.3. The number of hydrogen-bond donors (Lipinski definition) is 3. The molecule has 0 radical (unpaired) electrons. The predicted molar refractivity (Wildman–Crippen MR) is 131 cm³/mol. The van der Waals surface area contributed by atoms with Crippen LogP contribution in [0.1, 0.15) is 22.6 Å². The molecule has 3 aromatic carbocycles. The molecule has 3 aromatic rings. The highest BCUT2D eigenvalue weighted by atomic mass is 79.9. The number of hydrogen-bond acceptors (Lipinski definition) is 6. The highest BCUT2D eigenvalue weighted by molar-refractivity contribution is 9.10. The van der Waals surface area contributed by atoms with Crippen molar-refractivity contribution in [3.05, 3.63) is 90.9 Å². The third kappa shape index (κ3) is 4.80. The maximum Gasteiger partial charge on any atom is 0.407 e. The van der Waals surface area contributed by atoms with Crippen LogP contribution in [0.25, 0.3) is 11.1 Å². The number of alkyl carbamates (subject to hydrolysis) is 1. The minimum absolute atomic E-state index is 0.0184. The van der Waals surface area contributed by atoms with Crippen molar-refractivity contribution in [3.63, 3.8) is 0 Å². The van der Waals surface area contributed by atoms with Gasteiger partial charge in [0.15, 0.2) is 5.75 Å². The number of nitro groups is 1. The average Bonchev–Trinajstić information content (AvgIpc) is 3.14. The van der Waals surface area contributed by atoms with Gasteiger partial charge in [0.1, 0.15) is 17.7 Å². The van der Waals surface area contributed by atoms with Crippen molar-refractivity contribution in [2.24, 2.45) is 0 Å². The Morgan fingerprint density at radius 3 is 2.26 bits per heavy atom. The number of aromatic hydroxyl groups is 1. The third-order valence-corrected chi connectivity index (χ3v) is 7.02. The Labute approximate surface area is 212 Å². The summed E-state index contributed by atoms with van der Waals surface area (Å²) in [6.07, 6.45) is -1.41. The fourth-order valence-corrected chi connectivity index (χ4v) is 4.86. The Kier molecular flexibility index (Phi) is 6.95. The van der Waals surface area contributed by atoms with E-state index in [9.17, 15) is 29.9 Å². The summed E-state index contributed by atoms with van der Waals surface area (Å²) in [7, 11) is 0. The zero-order valence-electron chi connectivity index (χ0n) is 17.9. The van der Waals surface area contributed by atoms with E-state index in [2.05, 4.69) is 21.2 Å². The molecule has 0 spiro atoms. The van der Waals surface area contributed by atoms with E-state index in [0.29, 0.717) is 0 Å². The van der Waals surface area contributed by atoms with Crippen LogP contribution >= 0.6 is 27.5 Å². The maximum absolute atomic E-state index is 12.5. The lowest BCUT2D eigenvalue weighted by atomic mass is 9.98. The van der Waals surface area contributed by atoms with Gasteiger partial charge in [-0.15, -0.1) is 0 Å². The molecule has 180 valence electrons. The molecule has 1 amide bonds. The minimum atomic E-state index is -1.52. The van der Waals surface area contributed by atoms with E-state index in [0.717, 1.165) is 22.3 Å². The molecule has 35 heavy (non-hydrogen) atoms. The zero-order valence-corrected chi connectivity index (χ0v) is 20.2. The number of carbonyl (C=O) groups excluding carboxylic acids is 1. The van der Waals surface area contributed by atoms with Crippen LogP contribution in [0, 0.1) is 10.1 Å². The maximum atomic E-state index is 12.5. The van der Waals surface area contributed by atoms with Gasteiger partial charge in [0.2, 0.25) is 0 Å². The van der Waals surface area contributed by atoms with E-state index in [1.807, 2.05) is 48.5 Å². The number of carboxylic acid groups (broad SMARTS) is 1. The van der Waals surface area contributed by atoms with Crippen LogP contribution in [-0.2, 0) is 16.0 Å². The lowest BCUT2D eigenvalue weighted by Crippen LogP contribution is -2.43. The summed E-state index contributed by atoms with van der Waals surface area (Å²) in [6, 6.07) is 15.3. The van der Waals surface area contributed by atoms with E-state index in [1.165, 1.54) is 6.07 Å². The molecule has 11 heteroatoms. The van der Waals surface area contributed by atoms with Crippen LogP contribution < -0.4 is 5.32 Å². The number of fused-ring (bicyclic) bond motifs is 3. The topological polar surface area (TPSA) is 139 Å². The number of carbonyl (C=O) groups is 2. The van der Waals surface area contributed by atoms with Gasteiger partial charge in [-0.3, -0.25) is 10.1 Å². The van der Waals surface area contributed by atoms with Crippen LogP contribution in [0.3, 0.4) is 0 Å². The summed E-state index contributed by atoms with van der Waals surface area (Å²) in [5.41, 5.74) is 3.25. The Hall–Kier alpha value is -3.63. The minimum Gasteiger partial charge on any atom is -0.502 e. The molecule has 0 saturated carbocycles. The van der Waals surface area contributed by atoms with Crippen LogP contribution in [-0.4, -0.2) is 39.8 Å². The normalized spacial score (nSPS) is 13.0. The molecule has 1 aliphatic rings. The highest BCUT2D eigenvalue weighted by Crippen LogP contribution is 2.45. The van der Waals surface area contributed by atoms with Crippen molar-refractivity contribution in [1.82, 2.24) is 5.32 Å². The summed E-state index contributed by atoms with van der Waals surface area (Å²) < 4.78 is 5.48. The second-order valence-corrected chi connectivity index (χ2v) is 9.08. The van der Waals surface area contributed by atoms with E-state index in [-0.39, 0.29) is 27.6 Å². The van der Waals surface area contributed by atoms with E-state index < -0.39 is 40.9 Å². The van der Waals surface area contributed by atoms with Crippen LogP contribution in [0.5, 0.6) is 5.75 Å². The largest absolute Gasteiger partial charge is 0.502 e. The van der Waals surface area contributed by atoms with E-state index in [4.69, 9.17) is 16.3 Å². The molecule has 0 fully saturated rings. The second kappa shape index (κ2) is 9.93. The molecule has 1 aliphatic carbocycles. The summed E-state index contributed by atoms with van der Waals surface area (Å²) in [4.78, 5) is 34.7. The molecule has 0 aliphatic heterocycles. The number of ether oxygens (including phenoxy) is 1. The summed E-state index contributed by atoms with van der Waals surface area (Å²) in [5.74, 6) is -2.40. The van der Waals surface area contributed by atoms with Crippen molar-refractivity contribution in [1.29, 1.82) is 0 Å². The molecular weight excluding hydrogens is 544 g/mol. The molecule has 0 bridgehead atoms. The molecule has 0 aromatic heterocycles. The summed E-state index contributed by atoms with van der Waals surface area (Å²) in [5, 5.41) is 33.1. The second-order valence-electron chi connectivity index (χ2n) is 7.85. The van der Waals surface area contributed by atoms with Crippen LogP contribution in [0.4, 0.5) is 10.5 Å². The molecular formula is C24H18BrClN2O7. The first-order valence-corrected chi connectivity index (χ1v) is 11.5. The molecule has 0 saturated heterocycles. The van der Waals surface area contributed by atoms with Gasteiger partial charge in [-0.2, -0.15) is 0 Å². The number of carboxylic acids is 1. The van der Waals surface area contributed by atoms with Gasteiger partial charge in [0, 0.05) is 22.4 Å². The third-order valence-electron chi connectivity index (χ3n) is 5.79. The molecule has 1 unspecified atom stereocenters. The molecule has 3 N–H and O–H groups in total. The van der Waals surface area contributed by atoms with Crippen molar-refractivity contribution in [3.8, 4) is 16.9 Å². The lowest BCUT2D eigenvalue weighted by molar-refractivity contribution is -0.385. The van der Waals surface area contributed by atoms with Gasteiger partial charge in [-0.1, -0.05) is 60.1 Å². The van der Waals surface area contributed by atoms with Gasteiger partial charge in [0.25, 0.3) is 0 Å². The molecule has 9 nitrogen and oxygen atoms in total. The molecule has 0 heterocycles. The SMILES string of the molecule is O=C(NC(Cc1cc(Br)c(Cl)c([N+](=O)[O-])c1O)C(=O)O)OCC1c2ccccc2-c2ccccc21.